The fourth-order valence-corrected chi connectivity index (χ4v) is 5.98. The van der Waals surface area contributed by atoms with Crippen LogP contribution in [0.4, 0.5) is 0 Å². The molecule has 2 heterocycles. The van der Waals surface area contributed by atoms with Crippen molar-refractivity contribution in [3.63, 3.8) is 0 Å². The van der Waals surface area contributed by atoms with Crippen molar-refractivity contribution in [2.45, 2.75) is 37.6 Å². The second-order valence-corrected chi connectivity index (χ2v) is 12.5. The third-order valence-electron chi connectivity index (χ3n) is 7.89. The van der Waals surface area contributed by atoms with Crippen LogP contribution in [0.15, 0.2) is 124 Å². The van der Waals surface area contributed by atoms with Gasteiger partial charge >= 0.3 is 23.5 Å². The van der Waals surface area contributed by atoms with E-state index in [1.807, 2.05) is 0 Å². The predicted molar refractivity (Wildman–Crippen MR) is 179 cm³/mol. The number of carbonyl (C=O) groups excluding carboxylic acids is 3. The summed E-state index contributed by atoms with van der Waals surface area (Å²) in [6.07, 6.45) is -9.21. The molecule has 1 aliphatic heterocycles. The Kier molecular flexibility index (Phi) is 10.8. The van der Waals surface area contributed by atoms with Gasteiger partial charge in [0.1, 0.15) is 30.1 Å². The summed E-state index contributed by atoms with van der Waals surface area (Å²) in [5.41, 5.74) is 0.316. The minimum atomic E-state index is -5.58. The minimum absolute atomic E-state index is 0.00955. The fourth-order valence-electron chi connectivity index (χ4n) is 5.48. The second-order valence-electron chi connectivity index (χ2n) is 11.5. The van der Waals surface area contributed by atoms with Gasteiger partial charge in [-0.3, -0.25) is 4.18 Å². The largest absolute Gasteiger partial charge is 0.726 e. The highest BCUT2D eigenvalue weighted by Gasteiger charge is 2.54. The van der Waals surface area contributed by atoms with Crippen molar-refractivity contribution >= 4 is 39.3 Å². The van der Waals surface area contributed by atoms with Gasteiger partial charge in [0.05, 0.1) is 16.7 Å². The normalized spacial score (nSPS) is 20.1. The summed E-state index contributed by atoms with van der Waals surface area (Å²) in [4.78, 5) is 52.0. The maximum atomic E-state index is 13.5. The summed E-state index contributed by atoms with van der Waals surface area (Å²) >= 11 is 0. The second kappa shape index (κ2) is 15.6. The van der Waals surface area contributed by atoms with Gasteiger partial charge in [0, 0.05) is 17.5 Å². The number of carbonyl (C=O) groups is 3. The Hall–Kier alpha value is -5.87. The molecule has 1 aliphatic rings. The van der Waals surface area contributed by atoms with Gasteiger partial charge in [-0.2, -0.15) is 0 Å². The van der Waals surface area contributed by atoms with Crippen LogP contribution in [-0.4, -0.2) is 68.2 Å². The van der Waals surface area contributed by atoms with Crippen LogP contribution < -0.4 is 10.4 Å². The number of ether oxygens (including phenoxy) is 5. The van der Waals surface area contributed by atoms with Gasteiger partial charge in [-0.15, -0.1) is 0 Å². The van der Waals surface area contributed by atoms with Gasteiger partial charge in [0.2, 0.25) is 22.8 Å². The molecule has 1 aromatic heterocycles. The fraction of sp³-hybridized carbons (Fsp3) is 0.189. The standard InChI is InChI=1S/C37H30O14S/c1-22-19-30(38)47-28-20-26(17-18-27(22)28)46-37-33(50-36(41)25-15-9-4-10-16-25)32(49-35(40)24-13-7-3-8-14-24)31(51-52(42,43)44)29(48-37)21-45-34(39)23-11-5-2-6-12-23/h2-20,29,31-33,37H,21H2,1H3,(H,42,43,44)/p-1/t29-,31+,32+,33+,37+/m0/s1. The zero-order chi connectivity index (χ0) is 36.8. The number of hydrogen-bond donors (Lipinski definition) is 0. The van der Waals surface area contributed by atoms with E-state index in [-0.39, 0.29) is 28.0 Å². The molecule has 0 unspecified atom stereocenters. The predicted octanol–water partition coefficient (Wildman–Crippen LogP) is 4.36. The van der Waals surface area contributed by atoms with Crippen molar-refractivity contribution in [1.29, 1.82) is 0 Å². The van der Waals surface area contributed by atoms with Gasteiger partial charge in [-0.25, -0.2) is 27.6 Å². The third-order valence-corrected chi connectivity index (χ3v) is 8.35. The molecule has 0 saturated carbocycles. The lowest BCUT2D eigenvalue weighted by Gasteiger charge is -2.44. The maximum Gasteiger partial charge on any atom is 0.338 e. The van der Waals surface area contributed by atoms with E-state index in [4.69, 9.17) is 32.3 Å². The Labute approximate surface area is 296 Å². The quantitative estimate of drug-likeness (QED) is 0.0612. The number of esters is 3. The van der Waals surface area contributed by atoms with Crippen LogP contribution in [0.2, 0.25) is 0 Å². The van der Waals surface area contributed by atoms with Gasteiger partial charge in [0.15, 0.2) is 6.10 Å². The van der Waals surface area contributed by atoms with Gasteiger partial charge in [0.25, 0.3) is 0 Å². The lowest BCUT2D eigenvalue weighted by Crippen LogP contribution is -2.63. The van der Waals surface area contributed by atoms with Crippen molar-refractivity contribution in [3.8, 4) is 5.75 Å². The molecular formula is C37H29O14S-. The van der Waals surface area contributed by atoms with Gasteiger partial charge < -0.3 is 32.7 Å². The van der Waals surface area contributed by atoms with Crippen molar-refractivity contribution in [3.05, 3.63) is 148 Å². The Morgan fingerprint density at radius 2 is 1.25 bits per heavy atom. The van der Waals surface area contributed by atoms with Crippen molar-refractivity contribution < 1.29 is 59.6 Å². The van der Waals surface area contributed by atoms with E-state index in [0.717, 1.165) is 0 Å². The molecule has 0 spiro atoms. The summed E-state index contributed by atoms with van der Waals surface area (Å²) in [5.74, 6) is -2.83. The molecule has 5 atom stereocenters. The third kappa shape index (κ3) is 8.70. The molecule has 52 heavy (non-hydrogen) atoms. The maximum absolute atomic E-state index is 13.5. The number of rotatable bonds is 11. The van der Waals surface area contributed by atoms with E-state index in [9.17, 15) is 32.1 Å². The molecule has 15 heteroatoms. The SMILES string of the molecule is Cc1cc(=O)oc2cc(O[C@@H]3O[C@@H](COC(=O)c4ccccc4)[C@@H](OS(=O)(=O)[O-])[C@@H](OC(=O)c4ccccc4)[C@H]3OC(=O)c3ccccc3)ccc12. The minimum Gasteiger partial charge on any atom is -0.726 e. The molecule has 268 valence electrons. The number of aryl methyl sites for hydroxylation is 1. The number of benzene rings is 4. The summed E-state index contributed by atoms with van der Waals surface area (Å²) in [6.45, 7) is 0.957. The zero-order valence-corrected chi connectivity index (χ0v) is 28.0. The summed E-state index contributed by atoms with van der Waals surface area (Å²) < 4.78 is 75.9. The lowest BCUT2D eigenvalue weighted by molar-refractivity contribution is -0.271. The molecule has 0 radical (unpaired) electrons. The average molecular weight is 730 g/mol. The summed E-state index contributed by atoms with van der Waals surface area (Å²) in [6, 6.07) is 28.7. The first kappa shape index (κ1) is 35.9. The van der Waals surface area contributed by atoms with Crippen LogP contribution in [-0.2, 0) is 33.5 Å². The molecule has 4 aromatic carbocycles. The first-order chi connectivity index (χ1) is 24.9. The van der Waals surface area contributed by atoms with Crippen LogP contribution in [0.25, 0.3) is 11.0 Å². The van der Waals surface area contributed by atoms with E-state index in [2.05, 4.69) is 0 Å². The molecule has 0 bridgehead atoms. The Balaban J connectivity index is 1.43. The van der Waals surface area contributed by atoms with Gasteiger partial charge in [-0.05, 0) is 61.0 Å². The van der Waals surface area contributed by atoms with Crippen molar-refractivity contribution in [2.24, 2.45) is 0 Å². The highest BCUT2D eigenvalue weighted by molar-refractivity contribution is 7.80. The van der Waals surface area contributed by atoms with Crippen LogP contribution in [0.5, 0.6) is 5.75 Å². The summed E-state index contributed by atoms with van der Waals surface area (Å²) in [7, 11) is -5.58. The molecule has 14 nitrogen and oxygen atoms in total. The van der Waals surface area contributed by atoms with E-state index < -0.39 is 71.2 Å². The molecular weight excluding hydrogens is 700 g/mol. The van der Waals surface area contributed by atoms with Gasteiger partial charge in [-0.1, -0.05) is 54.6 Å². The molecule has 0 amide bonds. The molecule has 5 aromatic rings. The number of hydrogen-bond acceptors (Lipinski definition) is 14. The van der Waals surface area contributed by atoms with Crippen LogP contribution in [0.3, 0.4) is 0 Å². The van der Waals surface area contributed by atoms with E-state index in [1.54, 1.807) is 67.6 Å². The van der Waals surface area contributed by atoms with Crippen LogP contribution in [0.1, 0.15) is 36.6 Å². The van der Waals surface area contributed by atoms with E-state index >= 15 is 0 Å². The first-order valence-electron chi connectivity index (χ1n) is 15.7. The summed E-state index contributed by atoms with van der Waals surface area (Å²) in [5, 5.41) is 0.582. The van der Waals surface area contributed by atoms with Crippen molar-refractivity contribution in [2.75, 3.05) is 6.61 Å². The first-order valence-corrected chi connectivity index (χ1v) is 17.0. The molecule has 1 fully saturated rings. The monoisotopic (exact) mass is 729 g/mol. The molecule has 0 aliphatic carbocycles. The van der Waals surface area contributed by atoms with Crippen LogP contribution >= 0.6 is 0 Å². The average Bonchev–Trinajstić information content (AvgIpc) is 3.13. The smallest absolute Gasteiger partial charge is 0.338 e. The van der Waals surface area contributed by atoms with Crippen molar-refractivity contribution in [1.82, 2.24) is 0 Å². The zero-order valence-electron chi connectivity index (χ0n) is 27.2. The molecule has 0 N–H and O–H groups in total. The Morgan fingerprint density at radius 1 is 0.712 bits per heavy atom. The Morgan fingerprint density at radius 3 is 1.81 bits per heavy atom. The van der Waals surface area contributed by atoms with E-state index in [0.29, 0.717) is 10.9 Å². The lowest BCUT2D eigenvalue weighted by atomic mass is 9.98. The highest BCUT2D eigenvalue weighted by atomic mass is 32.3. The topological polar surface area (TPSA) is 194 Å². The Bertz CT molecular complexity index is 2220. The van der Waals surface area contributed by atoms with Crippen LogP contribution in [0, 0.1) is 6.92 Å². The van der Waals surface area contributed by atoms with E-state index in [1.165, 1.54) is 54.6 Å². The molecule has 1 saturated heterocycles. The number of fused-ring (bicyclic) bond motifs is 1. The molecule has 6 rings (SSSR count). The highest BCUT2D eigenvalue weighted by Crippen LogP contribution is 2.33.